The Morgan fingerprint density at radius 2 is 2.05 bits per heavy atom. The highest BCUT2D eigenvalue weighted by Crippen LogP contribution is 2.26. The molecule has 21 heavy (non-hydrogen) atoms. The lowest BCUT2D eigenvalue weighted by Crippen LogP contribution is -1.92. The first-order chi connectivity index (χ1) is 10.2. The lowest BCUT2D eigenvalue weighted by atomic mass is 10.1. The molecule has 0 aliphatic carbocycles. The van der Waals surface area contributed by atoms with Gasteiger partial charge in [-0.25, -0.2) is 9.97 Å². The Morgan fingerprint density at radius 1 is 1.19 bits per heavy atom. The average molecular weight is 283 g/mol. The van der Waals surface area contributed by atoms with Crippen LogP contribution in [-0.4, -0.2) is 27.2 Å². The maximum absolute atomic E-state index is 5.74. The van der Waals surface area contributed by atoms with E-state index in [2.05, 4.69) is 20.1 Å². The quantitative estimate of drug-likeness (QED) is 0.734. The molecule has 7 heteroatoms. The highest BCUT2D eigenvalue weighted by atomic mass is 16.5. The molecule has 0 amide bonds. The summed E-state index contributed by atoms with van der Waals surface area (Å²) in [6, 6.07) is 7.14. The summed E-state index contributed by atoms with van der Waals surface area (Å²) in [5.41, 5.74) is 8.76. The minimum Gasteiger partial charge on any atom is -0.481 e. The summed E-state index contributed by atoms with van der Waals surface area (Å²) in [5, 5.41) is 3.94. The van der Waals surface area contributed by atoms with Gasteiger partial charge in [0.15, 0.2) is 0 Å². The summed E-state index contributed by atoms with van der Waals surface area (Å²) in [7, 11) is 1.53. The van der Waals surface area contributed by atoms with Crippen LogP contribution in [0.5, 0.6) is 5.88 Å². The molecule has 3 rings (SSSR count). The number of hydrogen-bond donors (Lipinski definition) is 1. The number of rotatable bonds is 3. The van der Waals surface area contributed by atoms with Crippen molar-refractivity contribution in [3.63, 3.8) is 0 Å². The molecule has 0 radical (unpaired) electrons. The molecule has 106 valence electrons. The molecular weight excluding hydrogens is 270 g/mol. The molecule has 0 spiro atoms. The van der Waals surface area contributed by atoms with Gasteiger partial charge in [0.2, 0.25) is 11.7 Å². The molecule has 0 aliphatic rings. The van der Waals surface area contributed by atoms with Crippen LogP contribution < -0.4 is 10.5 Å². The molecule has 2 aromatic heterocycles. The Kier molecular flexibility index (Phi) is 3.23. The van der Waals surface area contributed by atoms with Crippen LogP contribution in [0.2, 0.25) is 0 Å². The number of aromatic nitrogens is 4. The third kappa shape index (κ3) is 2.53. The maximum Gasteiger partial charge on any atom is 0.258 e. The maximum atomic E-state index is 5.74. The van der Waals surface area contributed by atoms with Gasteiger partial charge in [0, 0.05) is 17.3 Å². The summed E-state index contributed by atoms with van der Waals surface area (Å²) in [5.74, 6) is 1.23. The standard InChI is InChI=1S/C14H13N5O2/c1-8-5-9(15)3-4-10(8)14-18-13(19-21-14)11-6-12(20-2)17-7-16-11/h3-7H,15H2,1-2H3. The molecule has 0 saturated heterocycles. The molecule has 0 saturated carbocycles. The number of ether oxygens (including phenoxy) is 1. The van der Waals surface area contributed by atoms with E-state index in [0.717, 1.165) is 11.1 Å². The van der Waals surface area contributed by atoms with E-state index >= 15 is 0 Å². The Bertz CT molecular complexity index is 785. The van der Waals surface area contributed by atoms with Crippen molar-refractivity contribution >= 4 is 5.69 Å². The fourth-order valence-electron chi connectivity index (χ4n) is 1.94. The number of nitrogen functional groups attached to an aromatic ring is 1. The van der Waals surface area contributed by atoms with Crippen molar-refractivity contribution in [2.75, 3.05) is 12.8 Å². The molecule has 0 unspecified atom stereocenters. The van der Waals surface area contributed by atoms with Crippen molar-refractivity contribution in [3.8, 4) is 28.9 Å². The molecule has 0 fully saturated rings. The summed E-state index contributed by atoms with van der Waals surface area (Å²) in [6.07, 6.45) is 1.39. The second-order valence-corrected chi connectivity index (χ2v) is 4.44. The minimum absolute atomic E-state index is 0.377. The number of methoxy groups -OCH3 is 1. The normalized spacial score (nSPS) is 10.6. The molecule has 7 nitrogen and oxygen atoms in total. The minimum atomic E-state index is 0.377. The fraction of sp³-hybridized carbons (Fsp3) is 0.143. The second-order valence-electron chi connectivity index (χ2n) is 4.44. The van der Waals surface area contributed by atoms with E-state index in [1.165, 1.54) is 13.4 Å². The molecule has 2 N–H and O–H groups in total. The fourth-order valence-corrected chi connectivity index (χ4v) is 1.94. The molecule has 0 atom stereocenters. The first-order valence-electron chi connectivity index (χ1n) is 6.24. The first-order valence-corrected chi connectivity index (χ1v) is 6.24. The number of anilines is 1. The SMILES string of the molecule is COc1cc(-c2noc(-c3ccc(N)cc3C)n2)ncn1. The van der Waals surface area contributed by atoms with Gasteiger partial charge in [0.1, 0.15) is 12.0 Å². The zero-order chi connectivity index (χ0) is 14.8. The Hall–Kier alpha value is -2.96. The van der Waals surface area contributed by atoms with Crippen molar-refractivity contribution in [3.05, 3.63) is 36.2 Å². The highest BCUT2D eigenvalue weighted by molar-refractivity contribution is 5.64. The van der Waals surface area contributed by atoms with Gasteiger partial charge >= 0.3 is 0 Å². The van der Waals surface area contributed by atoms with Gasteiger partial charge in [0.25, 0.3) is 5.89 Å². The van der Waals surface area contributed by atoms with E-state index in [-0.39, 0.29) is 0 Å². The predicted octanol–water partition coefficient (Wildman–Crippen LogP) is 2.09. The van der Waals surface area contributed by atoms with E-state index in [9.17, 15) is 0 Å². The smallest absolute Gasteiger partial charge is 0.258 e. The lowest BCUT2D eigenvalue weighted by molar-refractivity contribution is 0.397. The monoisotopic (exact) mass is 283 g/mol. The molecule has 0 bridgehead atoms. The van der Waals surface area contributed by atoms with Crippen molar-refractivity contribution in [2.45, 2.75) is 6.92 Å². The van der Waals surface area contributed by atoms with Crippen molar-refractivity contribution in [1.29, 1.82) is 0 Å². The van der Waals surface area contributed by atoms with E-state index in [0.29, 0.717) is 29.0 Å². The molecule has 0 aliphatic heterocycles. The van der Waals surface area contributed by atoms with Gasteiger partial charge in [-0.1, -0.05) is 5.16 Å². The van der Waals surface area contributed by atoms with Crippen LogP contribution in [0.1, 0.15) is 5.56 Å². The van der Waals surface area contributed by atoms with E-state index < -0.39 is 0 Å². The van der Waals surface area contributed by atoms with Crippen LogP contribution in [0.4, 0.5) is 5.69 Å². The molecule has 2 heterocycles. The van der Waals surface area contributed by atoms with Crippen LogP contribution in [0.3, 0.4) is 0 Å². The number of aryl methyl sites for hydroxylation is 1. The third-order valence-electron chi connectivity index (χ3n) is 2.99. The van der Waals surface area contributed by atoms with Gasteiger partial charge in [0.05, 0.1) is 7.11 Å². The Morgan fingerprint density at radius 3 is 2.81 bits per heavy atom. The molecular formula is C14H13N5O2. The highest BCUT2D eigenvalue weighted by Gasteiger charge is 2.14. The van der Waals surface area contributed by atoms with Crippen LogP contribution in [0.15, 0.2) is 35.1 Å². The van der Waals surface area contributed by atoms with Crippen LogP contribution >= 0.6 is 0 Å². The summed E-state index contributed by atoms with van der Waals surface area (Å²) in [6.45, 7) is 1.93. The number of nitrogens with two attached hydrogens (primary N) is 1. The average Bonchev–Trinajstić information content (AvgIpc) is 2.97. The Balaban J connectivity index is 1.99. The van der Waals surface area contributed by atoms with Crippen molar-refractivity contribution in [1.82, 2.24) is 20.1 Å². The van der Waals surface area contributed by atoms with Gasteiger partial charge in [-0.3, -0.25) is 0 Å². The largest absolute Gasteiger partial charge is 0.481 e. The summed E-state index contributed by atoms with van der Waals surface area (Å²) >= 11 is 0. The van der Waals surface area contributed by atoms with Crippen LogP contribution in [-0.2, 0) is 0 Å². The zero-order valence-corrected chi connectivity index (χ0v) is 11.6. The molecule has 3 aromatic rings. The van der Waals surface area contributed by atoms with Crippen molar-refractivity contribution < 1.29 is 9.26 Å². The number of benzene rings is 1. The van der Waals surface area contributed by atoms with Gasteiger partial charge in [-0.15, -0.1) is 0 Å². The molecule has 1 aromatic carbocycles. The van der Waals surface area contributed by atoms with Crippen LogP contribution in [0, 0.1) is 6.92 Å². The second kappa shape index (κ2) is 5.20. The lowest BCUT2D eigenvalue weighted by Gasteiger charge is -2.01. The van der Waals surface area contributed by atoms with E-state index in [1.54, 1.807) is 12.1 Å². The zero-order valence-electron chi connectivity index (χ0n) is 11.6. The van der Waals surface area contributed by atoms with Crippen LogP contribution in [0.25, 0.3) is 23.0 Å². The van der Waals surface area contributed by atoms with E-state index in [1.807, 2.05) is 19.1 Å². The number of nitrogens with zero attached hydrogens (tertiary/aromatic N) is 4. The van der Waals surface area contributed by atoms with Gasteiger partial charge in [-0.05, 0) is 30.7 Å². The third-order valence-corrected chi connectivity index (χ3v) is 2.99. The number of hydrogen-bond acceptors (Lipinski definition) is 7. The Labute approximate surface area is 120 Å². The topological polar surface area (TPSA) is 100.0 Å². The summed E-state index contributed by atoms with van der Waals surface area (Å²) < 4.78 is 10.3. The van der Waals surface area contributed by atoms with Crippen molar-refractivity contribution in [2.24, 2.45) is 0 Å². The van der Waals surface area contributed by atoms with Gasteiger partial charge in [-0.2, -0.15) is 4.98 Å². The van der Waals surface area contributed by atoms with E-state index in [4.69, 9.17) is 15.0 Å². The summed E-state index contributed by atoms with van der Waals surface area (Å²) in [4.78, 5) is 12.4. The first kappa shape index (κ1) is 13.0. The van der Waals surface area contributed by atoms with Gasteiger partial charge < -0.3 is 15.0 Å². The predicted molar refractivity (Wildman–Crippen MR) is 76.5 cm³/mol.